The highest BCUT2D eigenvalue weighted by Gasteiger charge is 2.36. The van der Waals surface area contributed by atoms with Crippen LogP contribution in [0.25, 0.3) is 0 Å². The third-order valence-electron chi connectivity index (χ3n) is 6.31. The van der Waals surface area contributed by atoms with Crippen molar-refractivity contribution in [1.29, 1.82) is 0 Å². The number of nitrogens with zero attached hydrogens (tertiary/aromatic N) is 3. The second-order valence-corrected chi connectivity index (χ2v) is 9.18. The number of pyridine rings is 1. The summed E-state index contributed by atoms with van der Waals surface area (Å²) in [6, 6.07) is 7.21. The van der Waals surface area contributed by atoms with Gasteiger partial charge in [0.1, 0.15) is 18.3 Å². The molecule has 0 unspecified atom stereocenters. The van der Waals surface area contributed by atoms with E-state index in [2.05, 4.69) is 15.3 Å². The first-order valence-corrected chi connectivity index (χ1v) is 11.9. The summed E-state index contributed by atoms with van der Waals surface area (Å²) in [5, 5.41) is 3.00. The van der Waals surface area contributed by atoms with Crippen LogP contribution in [0.5, 0.6) is 5.88 Å². The Bertz CT molecular complexity index is 1120. The Morgan fingerprint density at radius 1 is 1.23 bits per heavy atom. The van der Waals surface area contributed by atoms with Crippen molar-refractivity contribution in [3.8, 4) is 5.88 Å². The highest BCUT2D eigenvalue weighted by atomic mass is 19.1. The molecule has 1 aliphatic heterocycles. The van der Waals surface area contributed by atoms with Crippen LogP contribution >= 0.6 is 0 Å². The summed E-state index contributed by atoms with van der Waals surface area (Å²) in [5.74, 6) is 0.0653. The molecule has 0 atom stereocenters. The van der Waals surface area contributed by atoms with Gasteiger partial charge in [-0.1, -0.05) is 0 Å². The van der Waals surface area contributed by atoms with Crippen LogP contribution < -0.4 is 15.0 Å². The lowest BCUT2D eigenvalue weighted by molar-refractivity contribution is -0.126. The number of hydrogen-bond acceptors (Lipinski definition) is 5. The number of fused-ring (bicyclic) bond motifs is 1. The third-order valence-corrected chi connectivity index (χ3v) is 6.31. The van der Waals surface area contributed by atoms with Crippen molar-refractivity contribution in [2.75, 3.05) is 11.5 Å². The summed E-state index contributed by atoms with van der Waals surface area (Å²) in [5.41, 5.74) is 2.03. The molecule has 8 nitrogen and oxygen atoms in total. The van der Waals surface area contributed by atoms with E-state index in [0.717, 1.165) is 36.9 Å². The van der Waals surface area contributed by atoms with Crippen LogP contribution in [0.1, 0.15) is 55.5 Å². The van der Waals surface area contributed by atoms with Gasteiger partial charge < -0.3 is 15.0 Å². The largest absolute Gasteiger partial charge is 0.470 e. The molecule has 1 saturated carbocycles. The third kappa shape index (κ3) is 5.72. The molecular weight excluding hydrogens is 451 g/mol. The van der Waals surface area contributed by atoms with Gasteiger partial charge in [-0.25, -0.2) is 9.37 Å². The first-order valence-electron chi connectivity index (χ1n) is 11.9. The number of aliphatic imine (C=N–C) groups is 1. The lowest BCUT2D eigenvalue weighted by Gasteiger charge is -2.36. The first-order chi connectivity index (χ1) is 16.9. The molecule has 35 heavy (non-hydrogen) atoms. The zero-order valence-electron chi connectivity index (χ0n) is 19.9. The van der Waals surface area contributed by atoms with E-state index in [0.29, 0.717) is 30.0 Å². The molecule has 1 N–H and O–H groups in total. The monoisotopic (exact) mass is 480 g/mol. The van der Waals surface area contributed by atoms with E-state index in [1.807, 2.05) is 18.7 Å². The molecule has 0 radical (unpaired) electrons. The maximum Gasteiger partial charge on any atom is 0.278 e. The Labute approximate surface area is 203 Å². The van der Waals surface area contributed by atoms with Gasteiger partial charge in [-0.3, -0.25) is 14.4 Å². The minimum absolute atomic E-state index is 0.0408. The summed E-state index contributed by atoms with van der Waals surface area (Å²) >= 11 is 0. The molecule has 0 saturated heterocycles. The number of aromatic nitrogens is 1. The highest BCUT2D eigenvalue weighted by molar-refractivity contribution is 6.12. The Hall–Kier alpha value is -3.62. The number of aldehydes is 1. The van der Waals surface area contributed by atoms with E-state index in [1.165, 1.54) is 24.3 Å². The first kappa shape index (κ1) is 24.5. The summed E-state index contributed by atoms with van der Waals surface area (Å²) in [4.78, 5) is 46.8. The number of nitrogens with one attached hydrogen (secondary N) is 1. The fourth-order valence-electron chi connectivity index (χ4n) is 4.68. The van der Waals surface area contributed by atoms with E-state index in [4.69, 9.17) is 4.74 Å². The molecule has 184 valence electrons. The number of benzene rings is 1. The molecule has 2 aromatic rings. The number of amides is 2. The van der Waals surface area contributed by atoms with Crippen molar-refractivity contribution in [1.82, 2.24) is 10.3 Å². The zero-order chi connectivity index (χ0) is 24.9. The van der Waals surface area contributed by atoms with Gasteiger partial charge in [0, 0.05) is 47.8 Å². The molecule has 0 bridgehead atoms. The van der Waals surface area contributed by atoms with Gasteiger partial charge >= 0.3 is 0 Å². The van der Waals surface area contributed by atoms with Crippen molar-refractivity contribution in [2.45, 2.75) is 58.0 Å². The van der Waals surface area contributed by atoms with E-state index in [9.17, 15) is 18.8 Å². The van der Waals surface area contributed by atoms with Crippen LogP contribution in [0.2, 0.25) is 0 Å². The van der Waals surface area contributed by atoms with Crippen molar-refractivity contribution in [3.63, 3.8) is 0 Å². The predicted molar refractivity (Wildman–Crippen MR) is 129 cm³/mol. The van der Waals surface area contributed by atoms with Crippen LogP contribution in [0.15, 0.2) is 41.5 Å². The van der Waals surface area contributed by atoms with E-state index < -0.39 is 11.7 Å². The maximum atomic E-state index is 13.3. The fourth-order valence-corrected chi connectivity index (χ4v) is 4.68. The molecule has 4 rings (SSSR count). The zero-order valence-corrected chi connectivity index (χ0v) is 19.9. The smallest absolute Gasteiger partial charge is 0.278 e. The molecular formula is C26H29FN4O4. The van der Waals surface area contributed by atoms with Crippen LogP contribution in [-0.4, -0.2) is 47.6 Å². The molecule has 9 heteroatoms. The van der Waals surface area contributed by atoms with Gasteiger partial charge in [0.25, 0.3) is 5.91 Å². The number of amidine groups is 1. The molecule has 1 aromatic heterocycles. The Morgan fingerprint density at radius 3 is 2.60 bits per heavy atom. The lowest BCUT2D eigenvalue weighted by atomic mass is 9.84. The van der Waals surface area contributed by atoms with Crippen LogP contribution in [0.3, 0.4) is 0 Å². The summed E-state index contributed by atoms with van der Waals surface area (Å²) in [6.07, 6.45) is 5.72. The van der Waals surface area contributed by atoms with Gasteiger partial charge in [0.15, 0.2) is 6.29 Å². The quantitative estimate of drug-likeness (QED) is 0.609. The van der Waals surface area contributed by atoms with Gasteiger partial charge in [-0.05, 0) is 63.8 Å². The minimum Gasteiger partial charge on any atom is -0.470 e. The van der Waals surface area contributed by atoms with Gasteiger partial charge in [0.05, 0.1) is 5.69 Å². The highest BCUT2D eigenvalue weighted by Crippen LogP contribution is 2.38. The lowest BCUT2D eigenvalue weighted by Crippen LogP contribution is -2.44. The average Bonchev–Trinajstić information content (AvgIpc) is 3.19. The van der Waals surface area contributed by atoms with Crippen LogP contribution in [0.4, 0.5) is 10.1 Å². The molecule has 2 heterocycles. The Kier molecular flexibility index (Phi) is 7.53. The van der Waals surface area contributed by atoms with Crippen molar-refractivity contribution < 1.29 is 23.5 Å². The normalized spacial score (nSPS) is 20.6. The standard InChI is InChI=1S/C26H29FN4O4/c1-16(2)29-25(33)18-5-9-21(10-6-18)31-22-14-24(35-12-11-32)28-15-19(22)13-23(31)30-26(34)17-3-7-20(27)8-4-17/h3-4,7-8,11,14-16,18,21H,5-6,9-10,12-13H2,1-2H3,(H,29,33). The number of anilines is 1. The van der Waals surface area contributed by atoms with Gasteiger partial charge in [-0.2, -0.15) is 4.99 Å². The summed E-state index contributed by atoms with van der Waals surface area (Å²) < 4.78 is 18.7. The number of rotatable bonds is 7. The van der Waals surface area contributed by atoms with Crippen LogP contribution in [-0.2, 0) is 16.0 Å². The summed E-state index contributed by atoms with van der Waals surface area (Å²) in [7, 11) is 0. The molecule has 1 aromatic carbocycles. The Morgan fingerprint density at radius 2 is 1.94 bits per heavy atom. The van der Waals surface area contributed by atoms with Crippen molar-refractivity contribution in [3.05, 3.63) is 53.5 Å². The topological polar surface area (TPSA) is 101 Å². The molecule has 1 aliphatic carbocycles. The number of hydrogen-bond donors (Lipinski definition) is 1. The average molecular weight is 481 g/mol. The van der Waals surface area contributed by atoms with Crippen molar-refractivity contribution >= 4 is 29.6 Å². The Balaban J connectivity index is 1.60. The molecule has 0 spiro atoms. The molecule has 2 amide bonds. The number of carbonyl (C=O) groups is 3. The fraction of sp³-hybridized carbons (Fsp3) is 0.423. The van der Waals surface area contributed by atoms with Gasteiger partial charge in [-0.15, -0.1) is 0 Å². The molecule has 1 fully saturated rings. The minimum atomic E-state index is -0.451. The number of halogens is 1. The predicted octanol–water partition coefficient (Wildman–Crippen LogP) is 3.48. The van der Waals surface area contributed by atoms with Gasteiger partial charge in [0.2, 0.25) is 11.8 Å². The maximum absolute atomic E-state index is 13.3. The van der Waals surface area contributed by atoms with E-state index in [-0.39, 0.29) is 30.5 Å². The number of ether oxygens (including phenoxy) is 1. The summed E-state index contributed by atoms with van der Waals surface area (Å²) in [6.45, 7) is 3.79. The SMILES string of the molecule is CC(C)NC(=O)C1CCC(N2C(=NC(=O)c3ccc(F)cc3)Cc3cnc(OCC=O)cc32)CC1. The molecule has 2 aliphatic rings. The van der Waals surface area contributed by atoms with E-state index in [1.54, 1.807) is 12.3 Å². The van der Waals surface area contributed by atoms with Crippen LogP contribution in [0, 0.1) is 11.7 Å². The number of carbonyl (C=O) groups excluding carboxylic acids is 3. The second kappa shape index (κ2) is 10.8. The second-order valence-electron chi connectivity index (χ2n) is 9.18. The van der Waals surface area contributed by atoms with E-state index >= 15 is 0 Å². The van der Waals surface area contributed by atoms with Crippen molar-refractivity contribution in [2.24, 2.45) is 10.9 Å².